The standard InChI is InChI=1S/C16H23ClN2O/c1-11-5-4-6-14(15(11)17)16(20)19(3)13-9-7-12(18-2)8-10-13/h4-6,12-13,18H,7-10H2,1-3H3. The first-order chi connectivity index (χ1) is 9.54. The molecular formula is C16H23ClN2O. The number of nitrogens with zero attached hydrogens (tertiary/aromatic N) is 1. The van der Waals surface area contributed by atoms with Crippen LogP contribution in [0.5, 0.6) is 0 Å². The Morgan fingerprint density at radius 1 is 1.30 bits per heavy atom. The summed E-state index contributed by atoms with van der Waals surface area (Å²) in [5, 5.41) is 3.89. The van der Waals surface area contributed by atoms with E-state index >= 15 is 0 Å². The van der Waals surface area contributed by atoms with E-state index in [2.05, 4.69) is 5.32 Å². The van der Waals surface area contributed by atoms with Crippen LogP contribution in [0, 0.1) is 6.92 Å². The first kappa shape index (κ1) is 15.3. The Bertz CT molecular complexity index is 481. The topological polar surface area (TPSA) is 32.3 Å². The highest BCUT2D eigenvalue weighted by Crippen LogP contribution is 2.26. The number of hydrogen-bond donors (Lipinski definition) is 1. The Hall–Kier alpha value is -1.06. The van der Waals surface area contributed by atoms with Gasteiger partial charge in [-0.1, -0.05) is 23.7 Å². The largest absolute Gasteiger partial charge is 0.339 e. The number of carbonyl (C=O) groups excluding carboxylic acids is 1. The van der Waals surface area contributed by atoms with E-state index in [1.807, 2.05) is 44.1 Å². The van der Waals surface area contributed by atoms with Crippen molar-refractivity contribution in [3.8, 4) is 0 Å². The maximum absolute atomic E-state index is 12.6. The van der Waals surface area contributed by atoms with Crippen molar-refractivity contribution < 1.29 is 4.79 Å². The fourth-order valence-electron chi connectivity index (χ4n) is 2.92. The van der Waals surface area contributed by atoms with E-state index in [1.165, 1.54) is 0 Å². The van der Waals surface area contributed by atoms with Crippen molar-refractivity contribution in [1.29, 1.82) is 0 Å². The van der Waals surface area contributed by atoms with Crippen LogP contribution in [0.25, 0.3) is 0 Å². The molecule has 1 fully saturated rings. The Kier molecular flexibility index (Phi) is 5.06. The van der Waals surface area contributed by atoms with Crippen molar-refractivity contribution >= 4 is 17.5 Å². The van der Waals surface area contributed by atoms with Gasteiger partial charge in [0.15, 0.2) is 0 Å². The van der Waals surface area contributed by atoms with Gasteiger partial charge in [-0.2, -0.15) is 0 Å². The normalized spacial score (nSPS) is 22.6. The van der Waals surface area contributed by atoms with Gasteiger partial charge in [0.05, 0.1) is 10.6 Å². The van der Waals surface area contributed by atoms with Crippen LogP contribution in [-0.2, 0) is 0 Å². The lowest BCUT2D eigenvalue weighted by atomic mass is 9.90. The molecule has 0 spiro atoms. The third-order valence-corrected chi connectivity index (χ3v) is 4.90. The van der Waals surface area contributed by atoms with E-state index in [9.17, 15) is 4.79 Å². The lowest BCUT2D eigenvalue weighted by Gasteiger charge is -2.34. The zero-order chi connectivity index (χ0) is 14.7. The SMILES string of the molecule is CNC1CCC(N(C)C(=O)c2cccc(C)c2Cl)CC1. The molecule has 1 N–H and O–H groups in total. The molecule has 1 aromatic carbocycles. The van der Waals surface area contributed by atoms with Crippen molar-refractivity contribution in [2.45, 2.75) is 44.7 Å². The Balaban J connectivity index is 2.07. The highest BCUT2D eigenvalue weighted by atomic mass is 35.5. The first-order valence-electron chi connectivity index (χ1n) is 7.24. The number of amides is 1. The van der Waals surface area contributed by atoms with E-state index in [0.29, 0.717) is 22.7 Å². The van der Waals surface area contributed by atoms with Crippen molar-refractivity contribution in [3.63, 3.8) is 0 Å². The van der Waals surface area contributed by atoms with Crippen LogP contribution >= 0.6 is 11.6 Å². The molecule has 1 aromatic rings. The lowest BCUT2D eigenvalue weighted by Crippen LogP contribution is -2.42. The Morgan fingerprint density at radius 2 is 1.95 bits per heavy atom. The van der Waals surface area contributed by atoms with Gasteiger partial charge in [-0.3, -0.25) is 4.79 Å². The molecule has 1 amide bonds. The summed E-state index contributed by atoms with van der Waals surface area (Å²) in [5.41, 5.74) is 1.56. The summed E-state index contributed by atoms with van der Waals surface area (Å²) >= 11 is 6.26. The molecule has 4 heteroatoms. The molecule has 1 aliphatic carbocycles. The number of aryl methyl sites for hydroxylation is 1. The molecule has 0 heterocycles. The monoisotopic (exact) mass is 294 g/mol. The van der Waals surface area contributed by atoms with E-state index < -0.39 is 0 Å². The molecule has 0 radical (unpaired) electrons. The van der Waals surface area contributed by atoms with Gasteiger partial charge in [0.25, 0.3) is 5.91 Å². The number of rotatable bonds is 3. The van der Waals surface area contributed by atoms with E-state index in [4.69, 9.17) is 11.6 Å². The number of carbonyl (C=O) groups is 1. The van der Waals surface area contributed by atoms with Crippen LogP contribution in [0.15, 0.2) is 18.2 Å². The van der Waals surface area contributed by atoms with Gasteiger partial charge in [-0.25, -0.2) is 0 Å². The summed E-state index contributed by atoms with van der Waals surface area (Å²) in [7, 11) is 3.90. The van der Waals surface area contributed by atoms with Gasteiger partial charge < -0.3 is 10.2 Å². The minimum Gasteiger partial charge on any atom is -0.339 e. The molecule has 3 nitrogen and oxygen atoms in total. The van der Waals surface area contributed by atoms with Crippen molar-refractivity contribution in [2.75, 3.05) is 14.1 Å². The molecule has 1 aliphatic rings. The predicted octanol–water partition coefficient (Wildman–Crippen LogP) is 3.25. The quantitative estimate of drug-likeness (QED) is 0.928. The molecule has 0 aromatic heterocycles. The minimum absolute atomic E-state index is 0.0339. The summed E-state index contributed by atoms with van der Waals surface area (Å²) < 4.78 is 0. The van der Waals surface area contributed by atoms with Crippen LogP contribution < -0.4 is 5.32 Å². The van der Waals surface area contributed by atoms with Crippen LogP contribution in [-0.4, -0.2) is 37.0 Å². The van der Waals surface area contributed by atoms with Crippen molar-refractivity contribution in [1.82, 2.24) is 10.2 Å². The van der Waals surface area contributed by atoms with Crippen LogP contribution in [0.2, 0.25) is 5.02 Å². The minimum atomic E-state index is 0.0339. The molecule has 0 atom stereocenters. The third-order valence-electron chi connectivity index (χ3n) is 4.40. The number of hydrogen-bond acceptors (Lipinski definition) is 2. The summed E-state index contributed by atoms with van der Waals surface area (Å²) in [5.74, 6) is 0.0339. The second-order valence-corrected chi connectivity index (χ2v) is 6.02. The van der Waals surface area contributed by atoms with Gasteiger partial charge in [0.1, 0.15) is 0 Å². The highest BCUT2D eigenvalue weighted by Gasteiger charge is 2.27. The van der Waals surface area contributed by atoms with Gasteiger partial charge in [0, 0.05) is 19.1 Å². The molecule has 0 unspecified atom stereocenters. The number of nitrogens with one attached hydrogen (secondary N) is 1. The van der Waals surface area contributed by atoms with Crippen LogP contribution in [0.1, 0.15) is 41.6 Å². The summed E-state index contributed by atoms with van der Waals surface area (Å²) in [6, 6.07) is 6.55. The summed E-state index contributed by atoms with van der Waals surface area (Å²) in [6.07, 6.45) is 4.36. The number of benzene rings is 1. The van der Waals surface area contributed by atoms with Gasteiger partial charge in [0.2, 0.25) is 0 Å². The zero-order valence-electron chi connectivity index (χ0n) is 12.4. The molecular weight excluding hydrogens is 272 g/mol. The number of halogens is 1. The molecule has 110 valence electrons. The fourth-order valence-corrected chi connectivity index (χ4v) is 3.13. The van der Waals surface area contributed by atoms with Gasteiger partial charge in [-0.15, -0.1) is 0 Å². The smallest absolute Gasteiger partial charge is 0.255 e. The predicted molar refractivity (Wildman–Crippen MR) is 83.4 cm³/mol. The Morgan fingerprint density at radius 3 is 2.55 bits per heavy atom. The van der Waals surface area contributed by atoms with Crippen molar-refractivity contribution in [2.24, 2.45) is 0 Å². The molecule has 0 saturated heterocycles. The maximum atomic E-state index is 12.6. The second-order valence-electron chi connectivity index (χ2n) is 5.65. The van der Waals surface area contributed by atoms with Crippen LogP contribution in [0.4, 0.5) is 0 Å². The van der Waals surface area contributed by atoms with E-state index in [-0.39, 0.29) is 5.91 Å². The summed E-state index contributed by atoms with van der Waals surface area (Å²) in [4.78, 5) is 14.5. The molecule has 0 aliphatic heterocycles. The molecule has 1 saturated carbocycles. The third kappa shape index (κ3) is 3.15. The van der Waals surface area contributed by atoms with Crippen LogP contribution in [0.3, 0.4) is 0 Å². The first-order valence-corrected chi connectivity index (χ1v) is 7.62. The van der Waals surface area contributed by atoms with E-state index in [1.54, 1.807) is 0 Å². The zero-order valence-corrected chi connectivity index (χ0v) is 13.2. The van der Waals surface area contributed by atoms with Gasteiger partial charge >= 0.3 is 0 Å². The second kappa shape index (κ2) is 6.59. The maximum Gasteiger partial charge on any atom is 0.255 e. The molecule has 20 heavy (non-hydrogen) atoms. The fraction of sp³-hybridized carbons (Fsp3) is 0.562. The lowest BCUT2D eigenvalue weighted by molar-refractivity contribution is 0.0686. The summed E-state index contributed by atoms with van der Waals surface area (Å²) in [6.45, 7) is 1.93. The molecule has 0 bridgehead atoms. The van der Waals surface area contributed by atoms with Crippen molar-refractivity contribution in [3.05, 3.63) is 34.3 Å². The average Bonchev–Trinajstić information content (AvgIpc) is 2.48. The average molecular weight is 295 g/mol. The Labute approximate surface area is 126 Å². The van der Waals surface area contributed by atoms with Gasteiger partial charge in [-0.05, 0) is 51.3 Å². The highest BCUT2D eigenvalue weighted by molar-refractivity contribution is 6.34. The molecule has 2 rings (SSSR count). The van der Waals surface area contributed by atoms with E-state index in [0.717, 1.165) is 31.2 Å².